The highest BCUT2D eigenvalue weighted by atomic mass is 35.5. The second-order valence-corrected chi connectivity index (χ2v) is 6.16. The number of carbonyl (C=O) groups is 1. The van der Waals surface area contributed by atoms with Crippen LogP contribution >= 0.6 is 11.6 Å². The number of nitrogens with zero attached hydrogens (tertiary/aromatic N) is 2. The Bertz CT molecular complexity index is 926. The van der Waals surface area contributed by atoms with Crippen LogP contribution in [0.15, 0.2) is 53.1 Å². The van der Waals surface area contributed by atoms with E-state index in [9.17, 15) is 4.79 Å². The molecule has 1 aliphatic rings. The molecule has 126 valence electrons. The standard InChI is InChI=1S/C18H14ClN3O3/c19-12-8-4-7-11-9-13(24-18(23)14(11)12)17-21-16(22-25-17)15(20)10-5-2-1-3-6-10/h1-8,13,15H,9,20H2. The topological polar surface area (TPSA) is 91.2 Å². The quantitative estimate of drug-likeness (QED) is 0.725. The lowest BCUT2D eigenvalue weighted by Crippen LogP contribution is -2.22. The minimum absolute atomic E-state index is 0.223. The Morgan fingerprint density at radius 3 is 2.76 bits per heavy atom. The summed E-state index contributed by atoms with van der Waals surface area (Å²) >= 11 is 6.08. The monoisotopic (exact) mass is 355 g/mol. The van der Waals surface area contributed by atoms with Crippen LogP contribution in [-0.2, 0) is 11.2 Å². The highest BCUT2D eigenvalue weighted by Gasteiger charge is 2.33. The number of cyclic esters (lactones) is 1. The average Bonchev–Trinajstić information content (AvgIpc) is 3.12. The number of halogens is 1. The van der Waals surface area contributed by atoms with Gasteiger partial charge in [-0.2, -0.15) is 4.98 Å². The summed E-state index contributed by atoms with van der Waals surface area (Å²) in [6.45, 7) is 0. The van der Waals surface area contributed by atoms with Crippen LogP contribution in [-0.4, -0.2) is 16.1 Å². The molecule has 4 rings (SSSR count). The minimum atomic E-state index is -0.650. The highest BCUT2D eigenvalue weighted by molar-refractivity contribution is 6.33. The summed E-state index contributed by atoms with van der Waals surface area (Å²) in [6, 6.07) is 14.2. The van der Waals surface area contributed by atoms with Crippen LogP contribution < -0.4 is 5.73 Å². The first-order chi connectivity index (χ1) is 12.1. The summed E-state index contributed by atoms with van der Waals surface area (Å²) < 4.78 is 10.7. The molecule has 3 aromatic rings. The van der Waals surface area contributed by atoms with Gasteiger partial charge in [0.2, 0.25) is 0 Å². The van der Waals surface area contributed by atoms with Crippen molar-refractivity contribution in [3.8, 4) is 0 Å². The molecule has 0 bridgehead atoms. The molecule has 0 radical (unpaired) electrons. The zero-order chi connectivity index (χ0) is 17.4. The van der Waals surface area contributed by atoms with Crippen molar-refractivity contribution < 1.29 is 14.1 Å². The normalized spacial score (nSPS) is 17.7. The second kappa shape index (κ2) is 6.31. The minimum Gasteiger partial charge on any atom is -0.448 e. The fourth-order valence-electron chi connectivity index (χ4n) is 2.85. The lowest BCUT2D eigenvalue weighted by atomic mass is 9.98. The molecule has 2 aromatic carbocycles. The molecular formula is C18H14ClN3O3. The molecule has 0 saturated heterocycles. The van der Waals surface area contributed by atoms with Crippen molar-refractivity contribution in [3.63, 3.8) is 0 Å². The number of hydrogen-bond acceptors (Lipinski definition) is 6. The van der Waals surface area contributed by atoms with E-state index in [2.05, 4.69) is 10.1 Å². The number of ether oxygens (including phenoxy) is 1. The molecule has 7 heteroatoms. The predicted octanol–water partition coefficient (Wildman–Crippen LogP) is 3.23. The zero-order valence-corrected chi connectivity index (χ0v) is 13.8. The van der Waals surface area contributed by atoms with Crippen LogP contribution in [0.2, 0.25) is 5.02 Å². The molecule has 2 N–H and O–H groups in total. The maximum absolute atomic E-state index is 12.2. The van der Waals surface area contributed by atoms with Crippen molar-refractivity contribution in [2.75, 3.05) is 0 Å². The first-order valence-electron chi connectivity index (χ1n) is 7.76. The Kier molecular flexibility index (Phi) is 3.99. The molecule has 0 spiro atoms. The summed E-state index contributed by atoms with van der Waals surface area (Å²) in [5.41, 5.74) is 8.22. The summed E-state index contributed by atoms with van der Waals surface area (Å²) in [6.07, 6.45) is -0.230. The van der Waals surface area contributed by atoms with Gasteiger partial charge in [-0.3, -0.25) is 0 Å². The van der Waals surface area contributed by atoms with Crippen LogP contribution in [0.3, 0.4) is 0 Å². The second-order valence-electron chi connectivity index (χ2n) is 5.75. The molecule has 0 fully saturated rings. The van der Waals surface area contributed by atoms with Gasteiger partial charge in [0.1, 0.15) is 0 Å². The van der Waals surface area contributed by atoms with Crippen molar-refractivity contribution in [2.24, 2.45) is 5.73 Å². The smallest absolute Gasteiger partial charge is 0.340 e. The number of aromatic nitrogens is 2. The first kappa shape index (κ1) is 15.8. The van der Waals surface area contributed by atoms with Crippen molar-refractivity contribution in [1.29, 1.82) is 0 Å². The molecule has 1 aromatic heterocycles. The number of carbonyl (C=O) groups excluding carboxylic acids is 1. The number of esters is 1. The third kappa shape index (κ3) is 2.90. The Hall–Kier alpha value is -2.70. The Morgan fingerprint density at radius 1 is 1.16 bits per heavy atom. The van der Waals surface area contributed by atoms with Gasteiger partial charge in [0.15, 0.2) is 11.9 Å². The van der Waals surface area contributed by atoms with Gasteiger partial charge in [0.25, 0.3) is 5.89 Å². The van der Waals surface area contributed by atoms with Crippen LogP contribution in [0, 0.1) is 0 Å². The number of hydrogen-bond donors (Lipinski definition) is 1. The molecular weight excluding hydrogens is 342 g/mol. The third-order valence-corrected chi connectivity index (χ3v) is 4.44. The van der Waals surface area contributed by atoms with Crippen molar-refractivity contribution in [1.82, 2.24) is 10.1 Å². The number of fused-ring (bicyclic) bond motifs is 1. The molecule has 2 atom stereocenters. The van der Waals surface area contributed by atoms with E-state index in [0.717, 1.165) is 11.1 Å². The first-order valence-corrected chi connectivity index (χ1v) is 8.13. The largest absolute Gasteiger partial charge is 0.448 e. The zero-order valence-electron chi connectivity index (χ0n) is 13.1. The van der Waals surface area contributed by atoms with Gasteiger partial charge in [-0.15, -0.1) is 0 Å². The van der Waals surface area contributed by atoms with Crippen molar-refractivity contribution in [3.05, 3.63) is 82.0 Å². The van der Waals surface area contributed by atoms with Gasteiger partial charge in [-0.25, -0.2) is 4.79 Å². The Labute approximate surface area is 148 Å². The van der Waals surface area contributed by atoms with Gasteiger partial charge in [0, 0.05) is 6.42 Å². The van der Waals surface area contributed by atoms with E-state index in [4.69, 9.17) is 26.6 Å². The van der Waals surface area contributed by atoms with Crippen molar-refractivity contribution >= 4 is 17.6 Å². The number of rotatable bonds is 3. The van der Waals surface area contributed by atoms with Crippen molar-refractivity contribution in [2.45, 2.75) is 18.6 Å². The molecule has 2 heterocycles. The van der Waals surface area contributed by atoms with Crippen LogP contribution in [0.5, 0.6) is 0 Å². The lowest BCUT2D eigenvalue weighted by Gasteiger charge is -2.22. The van der Waals surface area contributed by atoms with Crippen LogP contribution in [0.1, 0.15) is 45.3 Å². The van der Waals surface area contributed by atoms with Crippen LogP contribution in [0.4, 0.5) is 0 Å². The lowest BCUT2D eigenvalue weighted by molar-refractivity contribution is 0.0169. The van der Waals surface area contributed by atoms with Gasteiger partial charge in [0.05, 0.1) is 16.6 Å². The fraction of sp³-hybridized carbons (Fsp3) is 0.167. The third-order valence-electron chi connectivity index (χ3n) is 4.13. The van der Waals surface area contributed by atoms with Gasteiger partial charge < -0.3 is 15.0 Å². The molecule has 25 heavy (non-hydrogen) atoms. The molecule has 6 nitrogen and oxygen atoms in total. The Morgan fingerprint density at radius 2 is 1.96 bits per heavy atom. The number of nitrogens with two attached hydrogens (primary N) is 1. The highest BCUT2D eigenvalue weighted by Crippen LogP contribution is 2.33. The summed E-state index contributed by atoms with van der Waals surface area (Å²) in [5, 5.41) is 4.31. The maximum Gasteiger partial charge on any atom is 0.340 e. The van der Waals surface area contributed by atoms with E-state index >= 15 is 0 Å². The average molecular weight is 356 g/mol. The van der Waals surface area contributed by atoms with Gasteiger partial charge in [-0.1, -0.05) is 59.2 Å². The summed E-state index contributed by atoms with van der Waals surface area (Å²) in [4.78, 5) is 16.6. The molecule has 0 aliphatic carbocycles. The Balaban J connectivity index is 1.60. The molecule has 0 amide bonds. The van der Waals surface area contributed by atoms with E-state index in [-0.39, 0.29) is 5.89 Å². The van der Waals surface area contributed by atoms with E-state index in [0.29, 0.717) is 22.8 Å². The van der Waals surface area contributed by atoms with Gasteiger partial charge >= 0.3 is 5.97 Å². The SMILES string of the molecule is NC(c1ccccc1)c1noc(C2Cc3cccc(Cl)c3C(=O)O2)n1. The van der Waals surface area contributed by atoms with Crippen LogP contribution in [0.25, 0.3) is 0 Å². The number of benzene rings is 2. The van der Waals surface area contributed by atoms with E-state index in [1.54, 1.807) is 12.1 Å². The van der Waals surface area contributed by atoms with Gasteiger partial charge in [-0.05, 0) is 17.2 Å². The molecule has 1 aliphatic heterocycles. The molecule has 2 unspecified atom stereocenters. The summed E-state index contributed by atoms with van der Waals surface area (Å²) in [7, 11) is 0. The fourth-order valence-corrected chi connectivity index (χ4v) is 3.12. The van der Waals surface area contributed by atoms with E-state index in [1.807, 2.05) is 36.4 Å². The summed E-state index contributed by atoms with van der Waals surface area (Å²) in [5.74, 6) is 0.0680. The molecule has 0 saturated carbocycles. The predicted molar refractivity (Wildman–Crippen MR) is 90.1 cm³/mol. The van der Waals surface area contributed by atoms with E-state index < -0.39 is 18.1 Å². The van der Waals surface area contributed by atoms with E-state index in [1.165, 1.54) is 0 Å². The maximum atomic E-state index is 12.2.